The Balaban J connectivity index is 1.79. The topological polar surface area (TPSA) is 70.9 Å². The molecule has 2 aromatic heterocycles. The number of aromatic carboxylic acids is 1. The van der Waals surface area contributed by atoms with E-state index < -0.39 is 5.97 Å². The molecule has 0 amide bonds. The van der Waals surface area contributed by atoms with Crippen LogP contribution in [0.4, 0.5) is 0 Å². The molecule has 0 spiro atoms. The maximum Gasteiger partial charge on any atom is 0.353 e. The van der Waals surface area contributed by atoms with E-state index >= 15 is 0 Å². The SMILES string of the molecule is O=C(O)c1[nH]c2cc(Cl)ccc2c1-c1c(Cc2ccc(Cl)cc2)cnn1-c1ccccc1. The number of fused-ring (bicyclic) bond motifs is 1. The Kier molecular flexibility index (Phi) is 5.21. The van der Waals surface area contributed by atoms with Crippen LogP contribution in [0.25, 0.3) is 27.8 Å². The molecule has 7 heteroatoms. The van der Waals surface area contributed by atoms with E-state index in [9.17, 15) is 9.90 Å². The van der Waals surface area contributed by atoms with Crippen LogP contribution in [-0.2, 0) is 6.42 Å². The Bertz CT molecular complexity index is 1440. The van der Waals surface area contributed by atoms with Crippen molar-refractivity contribution in [3.05, 3.63) is 106 Å². The van der Waals surface area contributed by atoms with Crippen LogP contribution in [0, 0.1) is 0 Å². The van der Waals surface area contributed by atoms with Crippen molar-refractivity contribution < 1.29 is 9.90 Å². The zero-order chi connectivity index (χ0) is 22.2. The number of benzene rings is 3. The lowest BCUT2D eigenvalue weighted by Crippen LogP contribution is -2.05. The van der Waals surface area contributed by atoms with Gasteiger partial charge in [-0.25, -0.2) is 9.48 Å². The van der Waals surface area contributed by atoms with Gasteiger partial charge in [0.25, 0.3) is 0 Å². The van der Waals surface area contributed by atoms with Gasteiger partial charge in [0.05, 0.1) is 17.6 Å². The summed E-state index contributed by atoms with van der Waals surface area (Å²) in [6.07, 6.45) is 2.36. The van der Waals surface area contributed by atoms with E-state index in [2.05, 4.69) is 10.1 Å². The molecule has 2 heterocycles. The van der Waals surface area contributed by atoms with Crippen LogP contribution in [-0.4, -0.2) is 25.8 Å². The number of aromatic nitrogens is 3. The number of H-pyrrole nitrogens is 1. The maximum atomic E-state index is 12.2. The van der Waals surface area contributed by atoms with Gasteiger partial charge in [-0.15, -0.1) is 0 Å². The maximum absolute atomic E-state index is 12.2. The predicted molar refractivity (Wildman–Crippen MR) is 127 cm³/mol. The van der Waals surface area contributed by atoms with Gasteiger partial charge in [-0.2, -0.15) is 5.10 Å². The van der Waals surface area contributed by atoms with E-state index in [1.807, 2.05) is 60.7 Å². The molecular formula is C25H17Cl2N3O2. The van der Waals surface area contributed by atoms with Crippen LogP contribution >= 0.6 is 23.2 Å². The third kappa shape index (κ3) is 3.66. The molecule has 0 aliphatic rings. The number of carbonyl (C=O) groups is 1. The molecule has 0 atom stereocenters. The Morgan fingerprint density at radius 2 is 1.69 bits per heavy atom. The first-order valence-corrected chi connectivity index (χ1v) is 10.7. The molecule has 0 saturated heterocycles. The standard InChI is InChI=1S/C25H17Cl2N3O2/c26-17-8-6-15(7-9-17)12-16-14-28-30(19-4-2-1-3-5-19)24(16)22-20-11-10-18(27)13-21(20)29-23(22)25(31)32/h1-11,13-14,29H,12H2,(H,31,32). The highest BCUT2D eigenvalue weighted by Crippen LogP contribution is 2.37. The smallest absolute Gasteiger partial charge is 0.353 e. The largest absolute Gasteiger partial charge is 0.477 e. The number of aromatic amines is 1. The van der Waals surface area contributed by atoms with Crippen molar-refractivity contribution in [3.8, 4) is 16.9 Å². The van der Waals surface area contributed by atoms with Gasteiger partial charge in [0, 0.05) is 38.5 Å². The van der Waals surface area contributed by atoms with Crippen molar-refractivity contribution in [2.24, 2.45) is 0 Å². The molecule has 5 aromatic rings. The first kappa shape index (κ1) is 20.4. The molecule has 32 heavy (non-hydrogen) atoms. The molecule has 2 N–H and O–H groups in total. The summed E-state index contributed by atoms with van der Waals surface area (Å²) in [6.45, 7) is 0. The Morgan fingerprint density at radius 3 is 2.41 bits per heavy atom. The summed E-state index contributed by atoms with van der Waals surface area (Å²) in [5, 5.41) is 16.6. The number of hydrogen-bond donors (Lipinski definition) is 2. The first-order valence-electron chi connectivity index (χ1n) is 9.93. The Labute approximate surface area is 193 Å². The lowest BCUT2D eigenvalue weighted by molar-refractivity contribution is 0.0692. The van der Waals surface area contributed by atoms with Gasteiger partial charge >= 0.3 is 5.97 Å². The molecule has 0 fully saturated rings. The van der Waals surface area contributed by atoms with Crippen molar-refractivity contribution in [3.63, 3.8) is 0 Å². The van der Waals surface area contributed by atoms with E-state index in [0.717, 1.165) is 27.9 Å². The van der Waals surface area contributed by atoms with Crippen LogP contribution in [0.15, 0.2) is 79.0 Å². The minimum absolute atomic E-state index is 0.0947. The summed E-state index contributed by atoms with van der Waals surface area (Å²) in [5.74, 6) is -1.05. The minimum atomic E-state index is -1.05. The molecule has 0 unspecified atom stereocenters. The summed E-state index contributed by atoms with van der Waals surface area (Å²) in [6, 6.07) is 22.6. The summed E-state index contributed by atoms with van der Waals surface area (Å²) < 4.78 is 1.79. The summed E-state index contributed by atoms with van der Waals surface area (Å²) in [4.78, 5) is 15.2. The van der Waals surface area contributed by atoms with Crippen molar-refractivity contribution in [2.45, 2.75) is 6.42 Å². The van der Waals surface area contributed by atoms with E-state index in [4.69, 9.17) is 23.2 Å². The highest BCUT2D eigenvalue weighted by Gasteiger charge is 2.25. The van der Waals surface area contributed by atoms with E-state index in [-0.39, 0.29) is 5.69 Å². The quantitative estimate of drug-likeness (QED) is 0.309. The van der Waals surface area contributed by atoms with Gasteiger partial charge in [-0.3, -0.25) is 0 Å². The van der Waals surface area contributed by atoms with Crippen LogP contribution < -0.4 is 0 Å². The van der Waals surface area contributed by atoms with Crippen LogP contribution in [0.3, 0.4) is 0 Å². The normalized spacial score (nSPS) is 11.2. The fourth-order valence-corrected chi connectivity index (χ4v) is 4.24. The number of nitrogens with one attached hydrogen (secondary N) is 1. The fourth-order valence-electron chi connectivity index (χ4n) is 3.94. The molecular weight excluding hydrogens is 445 g/mol. The van der Waals surface area contributed by atoms with E-state index in [1.54, 1.807) is 23.0 Å². The molecule has 3 aromatic carbocycles. The number of halogens is 2. The fraction of sp³-hybridized carbons (Fsp3) is 0.0400. The average molecular weight is 462 g/mol. The molecule has 5 nitrogen and oxygen atoms in total. The van der Waals surface area contributed by atoms with Crippen molar-refractivity contribution in [1.82, 2.24) is 14.8 Å². The molecule has 0 bridgehead atoms. The van der Waals surface area contributed by atoms with Crippen molar-refractivity contribution in [2.75, 3.05) is 0 Å². The third-order valence-electron chi connectivity index (χ3n) is 5.36. The van der Waals surface area contributed by atoms with Gasteiger partial charge in [-0.1, -0.05) is 59.6 Å². The lowest BCUT2D eigenvalue weighted by atomic mass is 9.99. The Morgan fingerprint density at radius 1 is 0.969 bits per heavy atom. The lowest BCUT2D eigenvalue weighted by Gasteiger charge is -2.11. The average Bonchev–Trinajstić information content (AvgIpc) is 3.36. The molecule has 158 valence electrons. The van der Waals surface area contributed by atoms with Crippen LogP contribution in [0.5, 0.6) is 0 Å². The highest BCUT2D eigenvalue weighted by molar-refractivity contribution is 6.31. The predicted octanol–water partition coefficient (Wildman–Crippen LogP) is 6.62. The number of nitrogens with zero attached hydrogens (tertiary/aromatic N) is 2. The van der Waals surface area contributed by atoms with Gasteiger partial charge < -0.3 is 10.1 Å². The summed E-state index contributed by atoms with van der Waals surface area (Å²) in [5.41, 5.74) is 4.83. The zero-order valence-electron chi connectivity index (χ0n) is 16.7. The molecule has 0 aliphatic carbocycles. The molecule has 0 aliphatic heterocycles. The molecule has 5 rings (SSSR count). The van der Waals surface area contributed by atoms with E-state index in [1.165, 1.54) is 0 Å². The van der Waals surface area contributed by atoms with Gasteiger partial charge in [0.2, 0.25) is 0 Å². The van der Waals surface area contributed by atoms with Crippen molar-refractivity contribution in [1.29, 1.82) is 0 Å². The van der Waals surface area contributed by atoms with Crippen LogP contribution in [0.1, 0.15) is 21.6 Å². The zero-order valence-corrected chi connectivity index (χ0v) is 18.2. The van der Waals surface area contributed by atoms with Gasteiger partial charge in [-0.05, 0) is 42.0 Å². The summed E-state index contributed by atoms with van der Waals surface area (Å²) >= 11 is 12.2. The van der Waals surface area contributed by atoms with Gasteiger partial charge in [0.15, 0.2) is 0 Å². The number of hydrogen-bond acceptors (Lipinski definition) is 2. The number of carboxylic acid groups (broad SMARTS) is 1. The third-order valence-corrected chi connectivity index (χ3v) is 5.85. The highest BCUT2D eigenvalue weighted by atomic mass is 35.5. The second-order valence-electron chi connectivity index (χ2n) is 7.44. The molecule has 0 saturated carbocycles. The summed E-state index contributed by atoms with van der Waals surface area (Å²) in [7, 11) is 0. The Hall–Kier alpha value is -3.54. The molecule has 0 radical (unpaired) electrons. The minimum Gasteiger partial charge on any atom is -0.477 e. The second-order valence-corrected chi connectivity index (χ2v) is 8.31. The van der Waals surface area contributed by atoms with E-state index in [0.29, 0.717) is 27.5 Å². The van der Waals surface area contributed by atoms with Crippen LogP contribution in [0.2, 0.25) is 10.0 Å². The van der Waals surface area contributed by atoms with Gasteiger partial charge in [0.1, 0.15) is 5.69 Å². The van der Waals surface area contributed by atoms with Crippen molar-refractivity contribution >= 4 is 40.1 Å². The number of carboxylic acids is 1. The monoisotopic (exact) mass is 461 g/mol. The number of rotatable bonds is 5. The second kappa shape index (κ2) is 8.19. The first-order chi connectivity index (χ1) is 15.5. The number of para-hydroxylation sites is 1.